The zero-order valence-electron chi connectivity index (χ0n) is 37.5. The number of alkyl halides is 3. The van der Waals surface area contributed by atoms with E-state index in [1.54, 1.807) is 50.2 Å². The minimum Gasteiger partial charge on any atom is -0.492 e. The van der Waals surface area contributed by atoms with Crippen LogP contribution in [0.1, 0.15) is 65.1 Å². The van der Waals surface area contributed by atoms with Crippen molar-refractivity contribution in [2.75, 3.05) is 40.4 Å². The Hall–Kier alpha value is -6.43. The number of Topliss-reactive ketones (excluding diaryl/α,β-unsaturated/α-hetero) is 2. The van der Waals surface area contributed by atoms with Gasteiger partial charge in [-0.25, -0.2) is 0 Å². The number of halogens is 5. The zero-order chi connectivity index (χ0) is 50.2. The minimum atomic E-state index is -1.61. The van der Waals surface area contributed by atoms with Gasteiger partial charge in [-0.1, -0.05) is 47.5 Å². The molecule has 0 saturated carbocycles. The molecule has 4 amide bonds. The van der Waals surface area contributed by atoms with Gasteiger partial charge in [0.05, 0.1) is 57.1 Å². The highest BCUT2D eigenvalue weighted by atomic mass is 35.5. The average molecular weight is 1040 g/mol. The van der Waals surface area contributed by atoms with Crippen LogP contribution in [-0.4, -0.2) is 66.4 Å². The number of amides is 4. The summed E-state index contributed by atoms with van der Waals surface area (Å²) >= 11 is 31.2. The molecule has 2 unspecified atom stereocenters. The fourth-order valence-electron chi connectivity index (χ4n) is 6.47. The van der Waals surface area contributed by atoms with Gasteiger partial charge in [0.2, 0.25) is 12.1 Å². The van der Waals surface area contributed by atoms with E-state index in [4.69, 9.17) is 67.5 Å². The standard InChI is InChI=1S/C48H45Cl5N8O8/c1-5-68-39-11-7-9-29(24-50)43(39)56-45(64)34-22-32(13-16-36(34)52)58-60-41(26(3)62)47(66)54-31-15-18-38(28(21-31)19-20-49)55-48(67)42(27(4)63)61-59-33-14-17-37(53)35(23-33)46(65)57-44-30(25-51)10-8-12-40(44)69-6-2/h7-18,21-23,41-42H,5-6,19-20,24-25H2,1-4H3,(H,54,66)(H,55,67)(H,56,64)(H,57,65). The third kappa shape index (κ3) is 14.3. The van der Waals surface area contributed by atoms with Crippen molar-refractivity contribution >= 4 is 127 Å². The number of nitrogens with zero attached hydrogens (tertiary/aromatic N) is 4. The fourth-order valence-corrected chi connectivity index (χ4v) is 7.53. The van der Waals surface area contributed by atoms with Crippen molar-refractivity contribution in [1.29, 1.82) is 0 Å². The molecule has 69 heavy (non-hydrogen) atoms. The van der Waals surface area contributed by atoms with Gasteiger partial charge in [0.1, 0.15) is 11.5 Å². The molecular weight excluding hydrogens is 994 g/mol. The molecule has 0 radical (unpaired) electrons. The number of aryl methyl sites for hydroxylation is 1. The molecule has 0 aromatic heterocycles. The van der Waals surface area contributed by atoms with Crippen LogP contribution in [0.5, 0.6) is 11.5 Å². The summed E-state index contributed by atoms with van der Waals surface area (Å²) in [5, 5.41) is 27.3. The number of hydrogen-bond acceptors (Lipinski definition) is 12. The number of nitrogens with one attached hydrogen (secondary N) is 4. The molecule has 5 aromatic carbocycles. The van der Waals surface area contributed by atoms with Gasteiger partial charge in [-0.2, -0.15) is 20.5 Å². The molecule has 5 rings (SSSR count). The molecule has 0 spiro atoms. The van der Waals surface area contributed by atoms with E-state index in [0.717, 1.165) is 0 Å². The molecule has 0 saturated heterocycles. The molecule has 0 aliphatic carbocycles. The third-order valence-electron chi connectivity index (χ3n) is 9.82. The van der Waals surface area contributed by atoms with Crippen LogP contribution in [0.4, 0.5) is 34.1 Å². The van der Waals surface area contributed by atoms with Gasteiger partial charge in [-0.3, -0.25) is 28.8 Å². The number of rotatable bonds is 22. The summed E-state index contributed by atoms with van der Waals surface area (Å²) in [6, 6.07) is 20.1. The molecule has 360 valence electrons. The maximum absolute atomic E-state index is 13.6. The van der Waals surface area contributed by atoms with Gasteiger partial charge in [0, 0.05) is 29.0 Å². The van der Waals surface area contributed by atoms with Crippen molar-refractivity contribution in [3.63, 3.8) is 0 Å². The van der Waals surface area contributed by atoms with Gasteiger partial charge >= 0.3 is 0 Å². The lowest BCUT2D eigenvalue weighted by molar-refractivity contribution is -0.127. The van der Waals surface area contributed by atoms with E-state index >= 15 is 0 Å². The summed E-state index contributed by atoms with van der Waals surface area (Å²) in [7, 11) is 0. The number of azo groups is 2. The number of benzene rings is 5. The second-order valence-electron chi connectivity index (χ2n) is 14.7. The number of anilines is 4. The number of ether oxygens (including phenoxy) is 2. The van der Waals surface area contributed by atoms with Crippen LogP contribution in [0.3, 0.4) is 0 Å². The summed E-state index contributed by atoms with van der Waals surface area (Å²) in [6.07, 6.45) is 0.205. The van der Waals surface area contributed by atoms with Gasteiger partial charge < -0.3 is 30.7 Å². The van der Waals surface area contributed by atoms with Crippen LogP contribution in [-0.2, 0) is 37.4 Å². The maximum atomic E-state index is 13.6. The molecule has 21 heteroatoms. The van der Waals surface area contributed by atoms with E-state index in [9.17, 15) is 28.8 Å². The molecule has 0 aliphatic heterocycles. The number of hydrogen-bond donors (Lipinski definition) is 4. The first-order valence-electron chi connectivity index (χ1n) is 21.1. The summed E-state index contributed by atoms with van der Waals surface area (Å²) in [5.74, 6) is -3.00. The largest absolute Gasteiger partial charge is 0.492 e. The van der Waals surface area contributed by atoms with Crippen molar-refractivity contribution in [2.45, 2.75) is 58.0 Å². The fraction of sp³-hybridized carbons (Fsp3) is 0.250. The molecule has 0 aliphatic rings. The molecule has 0 bridgehead atoms. The van der Waals surface area contributed by atoms with E-state index in [1.807, 2.05) is 0 Å². The molecule has 0 fully saturated rings. The summed E-state index contributed by atoms with van der Waals surface area (Å²) in [6.45, 7) is 6.62. The van der Waals surface area contributed by atoms with E-state index in [0.29, 0.717) is 52.8 Å². The highest BCUT2D eigenvalue weighted by Gasteiger charge is 2.27. The van der Waals surface area contributed by atoms with Crippen LogP contribution in [0.2, 0.25) is 10.0 Å². The second kappa shape index (κ2) is 25.8. The van der Waals surface area contributed by atoms with Crippen LogP contribution >= 0.6 is 58.0 Å². The topological polar surface area (TPSA) is 218 Å². The Bertz CT molecular complexity index is 2810. The monoisotopic (exact) mass is 1040 g/mol. The summed E-state index contributed by atoms with van der Waals surface area (Å²) < 4.78 is 11.3. The van der Waals surface area contributed by atoms with Crippen molar-refractivity contribution in [2.24, 2.45) is 20.5 Å². The Morgan fingerprint density at radius 3 is 1.45 bits per heavy atom. The predicted molar refractivity (Wildman–Crippen MR) is 269 cm³/mol. The van der Waals surface area contributed by atoms with Gasteiger partial charge in [-0.05, 0) is 118 Å². The maximum Gasteiger partial charge on any atom is 0.258 e. The first-order chi connectivity index (χ1) is 33.1. The molecule has 16 nitrogen and oxygen atoms in total. The quantitative estimate of drug-likeness (QED) is 0.0296. The Kier molecular flexibility index (Phi) is 20.0. The lowest BCUT2D eigenvalue weighted by Gasteiger charge is -2.16. The molecule has 2 atom stereocenters. The van der Waals surface area contributed by atoms with Crippen molar-refractivity contribution < 1.29 is 38.2 Å². The van der Waals surface area contributed by atoms with Gasteiger partial charge in [-0.15, -0.1) is 34.8 Å². The molecule has 5 aromatic rings. The summed E-state index contributed by atoms with van der Waals surface area (Å²) in [5.41, 5.74) is 3.21. The third-order valence-corrected chi connectivity index (χ3v) is 11.2. The van der Waals surface area contributed by atoms with Crippen molar-refractivity contribution in [3.05, 3.63) is 129 Å². The Morgan fingerprint density at radius 2 is 1.03 bits per heavy atom. The Labute approximate surface area is 422 Å². The van der Waals surface area contributed by atoms with E-state index in [2.05, 4.69) is 41.7 Å². The van der Waals surface area contributed by atoms with Crippen LogP contribution in [0, 0.1) is 0 Å². The Morgan fingerprint density at radius 1 is 0.565 bits per heavy atom. The predicted octanol–water partition coefficient (Wildman–Crippen LogP) is 11.9. The smallest absolute Gasteiger partial charge is 0.258 e. The van der Waals surface area contributed by atoms with Crippen molar-refractivity contribution in [1.82, 2.24) is 0 Å². The first kappa shape index (κ1) is 53.5. The SMILES string of the molecule is CCOc1cccc(CCl)c1NC(=O)c1cc(N=NC(C(C)=O)C(=O)Nc2ccc(NC(=O)C(N=Nc3ccc(Cl)c(C(=O)Nc4c(CCl)cccc4OCC)c3)C(C)=O)c(CCCl)c2)ccc1Cl. The number of para-hydroxylation sites is 2. The highest BCUT2D eigenvalue weighted by Crippen LogP contribution is 2.34. The molecular formula is C48H45Cl5N8O8. The first-order valence-corrected chi connectivity index (χ1v) is 23.4. The second-order valence-corrected chi connectivity index (χ2v) is 16.4. The van der Waals surface area contributed by atoms with Gasteiger partial charge in [0.25, 0.3) is 23.6 Å². The molecule has 4 N–H and O–H groups in total. The van der Waals surface area contributed by atoms with E-state index in [1.165, 1.54) is 68.4 Å². The lowest BCUT2D eigenvalue weighted by atomic mass is 10.1. The lowest BCUT2D eigenvalue weighted by Crippen LogP contribution is -2.32. The average Bonchev–Trinajstić information content (AvgIpc) is 3.31. The normalized spacial score (nSPS) is 12.0. The zero-order valence-corrected chi connectivity index (χ0v) is 41.3. The van der Waals surface area contributed by atoms with E-state index < -0.39 is 47.3 Å². The number of carbonyl (C=O) groups is 6. The number of ketones is 2. The molecule has 0 heterocycles. The Balaban J connectivity index is 1.29. The van der Waals surface area contributed by atoms with Gasteiger partial charge in [0.15, 0.2) is 11.6 Å². The van der Waals surface area contributed by atoms with Crippen LogP contribution in [0.15, 0.2) is 111 Å². The minimum absolute atomic E-state index is 0.0272. The van der Waals surface area contributed by atoms with Crippen LogP contribution in [0.25, 0.3) is 0 Å². The van der Waals surface area contributed by atoms with Crippen molar-refractivity contribution in [3.8, 4) is 11.5 Å². The highest BCUT2D eigenvalue weighted by molar-refractivity contribution is 6.35. The van der Waals surface area contributed by atoms with Crippen LogP contribution < -0.4 is 30.7 Å². The number of carbonyl (C=O) groups excluding carboxylic acids is 6. The van der Waals surface area contributed by atoms with E-state index in [-0.39, 0.29) is 68.0 Å². The summed E-state index contributed by atoms with van der Waals surface area (Å²) in [4.78, 5) is 79.3.